The van der Waals surface area contributed by atoms with E-state index in [1.807, 2.05) is 0 Å². The van der Waals surface area contributed by atoms with Gasteiger partial charge in [-0.25, -0.2) is 0 Å². The molecule has 0 fully saturated rings. The lowest BCUT2D eigenvalue weighted by Gasteiger charge is -2.12. The number of hydrogen-bond acceptors (Lipinski definition) is 5. The molecule has 7 nitrogen and oxygen atoms in total. The maximum atomic E-state index is 12.2. The van der Waals surface area contributed by atoms with Crippen LogP contribution in [0.15, 0.2) is 18.2 Å². The minimum atomic E-state index is -4.42. The van der Waals surface area contributed by atoms with Crippen LogP contribution >= 0.6 is 0 Å². The Morgan fingerprint density at radius 1 is 1.35 bits per heavy atom. The monoisotopic (exact) mass is 330 g/mol. The van der Waals surface area contributed by atoms with Crippen LogP contribution in [-0.2, 0) is 11.3 Å². The number of aromatic nitrogens is 3. The number of nitrogens with one attached hydrogen (secondary N) is 1. The van der Waals surface area contributed by atoms with Crippen LogP contribution in [0.5, 0.6) is 5.75 Å². The van der Waals surface area contributed by atoms with Crippen LogP contribution in [0.4, 0.5) is 13.2 Å². The molecule has 124 valence electrons. The van der Waals surface area contributed by atoms with Crippen molar-refractivity contribution in [2.24, 2.45) is 5.73 Å². The molecule has 23 heavy (non-hydrogen) atoms. The van der Waals surface area contributed by atoms with Gasteiger partial charge >= 0.3 is 6.18 Å². The second-order valence-electron chi connectivity index (χ2n) is 4.52. The number of aromatic amines is 1. The summed E-state index contributed by atoms with van der Waals surface area (Å²) in [5.74, 6) is -0.431. The number of nitrogens with zero attached hydrogens (tertiary/aromatic N) is 2. The lowest BCUT2D eigenvalue weighted by atomic mass is 10.1. The molecule has 2 aromatic rings. The molecule has 0 unspecified atom stereocenters. The van der Waals surface area contributed by atoms with E-state index in [2.05, 4.69) is 20.1 Å². The summed E-state index contributed by atoms with van der Waals surface area (Å²) in [5.41, 5.74) is 6.11. The smallest absolute Gasteiger partial charge is 0.411 e. The fraction of sp³-hybridized carbons (Fsp3) is 0.308. The first kappa shape index (κ1) is 16.7. The number of halogens is 3. The van der Waals surface area contributed by atoms with E-state index >= 15 is 0 Å². The molecule has 0 aliphatic heterocycles. The summed E-state index contributed by atoms with van der Waals surface area (Å²) >= 11 is 0. The second-order valence-corrected chi connectivity index (χ2v) is 4.52. The summed E-state index contributed by atoms with van der Waals surface area (Å²) in [7, 11) is 1.38. The van der Waals surface area contributed by atoms with Gasteiger partial charge < -0.3 is 15.2 Å². The summed E-state index contributed by atoms with van der Waals surface area (Å²) in [6.45, 7) is -1.70. The van der Waals surface area contributed by atoms with E-state index in [-0.39, 0.29) is 18.0 Å². The van der Waals surface area contributed by atoms with E-state index in [0.717, 1.165) is 0 Å². The van der Waals surface area contributed by atoms with Crippen molar-refractivity contribution < 1.29 is 27.4 Å². The lowest BCUT2D eigenvalue weighted by Crippen LogP contribution is -2.17. The van der Waals surface area contributed by atoms with Crippen LogP contribution in [0.25, 0.3) is 11.3 Å². The van der Waals surface area contributed by atoms with E-state index in [0.29, 0.717) is 16.9 Å². The number of H-pyrrole nitrogens is 1. The Kier molecular flexibility index (Phi) is 4.84. The fourth-order valence-corrected chi connectivity index (χ4v) is 1.92. The Morgan fingerprint density at radius 3 is 2.70 bits per heavy atom. The number of carbonyl (C=O) groups excluding carboxylic acids is 1. The molecule has 10 heteroatoms. The topological polar surface area (TPSA) is 103 Å². The molecule has 0 saturated heterocycles. The highest BCUT2D eigenvalue weighted by Crippen LogP contribution is 2.28. The first-order valence-corrected chi connectivity index (χ1v) is 6.34. The average molecular weight is 330 g/mol. The molecule has 0 aliphatic carbocycles. The predicted octanol–water partition coefficient (Wildman–Crippen LogP) is 1.66. The molecule has 1 heterocycles. The minimum Gasteiger partial charge on any atom is -0.496 e. The molecule has 0 radical (unpaired) electrons. The summed E-state index contributed by atoms with van der Waals surface area (Å²) in [6, 6.07) is 4.61. The molecule has 0 atom stereocenters. The van der Waals surface area contributed by atoms with E-state index in [4.69, 9.17) is 10.5 Å². The molecule has 1 aromatic heterocycles. The number of rotatable bonds is 6. The lowest BCUT2D eigenvalue weighted by molar-refractivity contribution is -0.176. The van der Waals surface area contributed by atoms with Gasteiger partial charge in [0.25, 0.3) is 5.91 Å². The first-order chi connectivity index (χ1) is 10.8. The molecule has 3 N–H and O–H groups in total. The van der Waals surface area contributed by atoms with Crippen molar-refractivity contribution in [2.45, 2.75) is 12.8 Å². The maximum absolute atomic E-state index is 12.2. The molecule has 0 aliphatic rings. The fourth-order valence-electron chi connectivity index (χ4n) is 1.92. The number of alkyl halides is 3. The van der Waals surface area contributed by atoms with Gasteiger partial charge in [-0.3, -0.25) is 4.79 Å². The quantitative estimate of drug-likeness (QED) is 0.838. The standard InChI is InChI=1S/C13H13F3N4O3/c1-22-9-3-2-7(10-11(12(17)21)19-20-18-10)4-8(9)5-23-6-13(14,15)16/h2-4H,5-6H2,1H3,(H2,17,21)(H,18,19,20). The Hall–Kier alpha value is -2.62. The third-order valence-electron chi connectivity index (χ3n) is 2.86. The van der Waals surface area contributed by atoms with Crippen molar-refractivity contribution >= 4 is 5.91 Å². The van der Waals surface area contributed by atoms with E-state index in [1.54, 1.807) is 6.07 Å². The molecule has 0 bridgehead atoms. The zero-order chi connectivity index (χ0) is 17.0. The van der Waals surface area contributed by atoms with Crippen molar-refractivity contribution in [3.05, 3.63) is 29.5 Å². The number of nitrogens with two attached hydrogens (primary N) is 1. The van der Waals surface area contributed by atoms with Gasteiger partial charge in [0, 0.05) is 11.1 Å². The number of primary amides is 1. The van der Waals surface area contributed by atoms with Gasteiger partial charge in [0.15, 0.2) is 5.69 Å². The van der Waals surface area contributed by atoms with Crippen LogP contribution in [0.1, 0.15) is 16.1 Å². The van der Waals surface area contributed by atoms with Gasteiger partial charge in [0.05, 0.1) is 13.7 Å². The second kappa shape index (κ2) is 6.65. The number of carbonyl (C=O) groups is 1. The molecule has 2 rings (SSSR count). The highest BCUT2D eigenvalue weighted by atomic mass is 19.4. The predicted molar refractivity (Wildman–Crippen MR) is 72.6 cm³/mol. The minimum absolute atomic E-state index is 0.0719. The van der Waals surface area contributed by atoms with Crippen molar-refractivity contribution in [1.29, 1.82) is 0 Å². The van der Waals surface area contributed by atoms with Crippen molar-refractivity contribution in [2.75, 3.05) is 13.7 Å². The highest BCUT2D eigenvalue weighted by molar-refractivity contribution is 5.96. The van der Waals surface area contributed by atoms with Crippen LogP contribution in [0, 0.1) is 0 Å². The number of methoxy groups -OCH3 is 1. The van der Waals surface area contributed by atoms with Gasteiger partial charge in [0.2, 0.25) is 0 Å². The summed E-state index contributed by atoms with van der Waals surface area (Å²) < 4.78 is 46.2. The van der Waals surface area contributed by atoms with Gasteiger partial charge in [-0.1, -0.05) is 0 Å². The molecule has 0 spiro atoms. The zero-order valence-corrected chi connectivity index (χ0v) is 12.0. The van der Waals surface area contributed by atoms with Gasteiger partial charge in [-0.15, -0.1) is 0 Å². The Balaban J connectivity index is 2.28. The van der Waals surface area contributed by atoms with Gasteiger partial charge in [-0.2, -0.15) is 28.6 Å². The molecular formula is C13H13F3N4O3. The molecule has 0 saturated carbocycles. The third kappa shape index (κ3) is 4.19. The summed E-state index contributed by atoms with van der Waals surface area (Å²) in [5, 5.41) is 9.74. The molecular weight excluding hydrogens is 317 g/mol. The van der Waals surface area contributed by atoms with E-state index in [9.17, 15) is 18.0 Å². The number of ether oxygens (including phenoxy) is 2. The Morgan fingerprint density at radius 2 is 2.09 bits per heavy atom. The Bertz CT molecular complexity index is 700. The van der Waals surface area contributed by atoms with Gasteiger partial charge in [-0.05, 0) is 18.2 Å². The normalized spacial score (nSPS) is 11.5. The summed E-state index contributed by atoms with van der Waals surface area (Å²) in [6.07, 6.45) is -4.42. The first-order valence-electron chi connectivity index (χ1n) is 6.34. The van der Waals surface area contributed by atoms with Crippen LogP contribution in [0.3, 0.4) is 0 Å². The molecule has 1 aromatic carbocycles. The van der Waals surface area contributed by atoms with E-state index < -0.39 is 18.7 Å². The zero-order valence-electron chi connectivity index (χ0n) is 12.0. The average Bonchev–Trinajstić information content (AvgIpc) is 2.95. The number of amides is 1. The highest BCUT2D eigenvalue weighted by Gasteiger charge is 2.27. The van der Waals surface area contributed by atoms with Crippen LogP contribution in [-0.4, -0.2) is 41.2 Å². The number of benzene rings is 1. The van der Waals surface area contributed by atoms with Crippen LogP contribution < -0.4 is 10.5 Å². The van der Waals surface area contributed by atoms with Crippen molar-refractivity contribution in [3.8, 4) is 17.0 Å². The Labute approximate surface area is 128 Å². The van der Waals surface area contributed by atoms with Crippen molar-refractivity contribution in [1.82, 2.24) is 15.4 Å². The van der Waals surface area contributed by atoms with Gasteiger partial charge in [0.1, 0.15) is 18.1 Å². The van der Waals surface area contributed by atoms with Crippen molar-refractivity contribution in [3.63, 3.8) is 0 Å². The maximum Gasteiger partial charge on any atom is 0.411 e. The molecule has 1 amide bonds. The SMILES string of the molecule is COc1ccc(-c2n[nH]nc2C(N)=O)cc1COCC(F)(F)F. The number of hydrogen-bond donors (Lipinski definition) is 2. The van der Waals surface area contributed by atoms with Crippen LogP contribution in [0.2, 0.25) is 0 Å². The largest absolute Gasteiger partial charge is 0.496 e. The third-order valence-corrected chi connectivity index (χ3v) is 2.86. The summed E-state index contributed by atoms with van der Waals surface area (Å²) in [4.78, 5) is 11.3. The van der Waals surface area contributed by atoms with E-state index in [1.165, 1.54) is 19.2 Å².